The zero-order valence-corrected chi connectivity index (χ0v) is 16.2. The molecule has 0 spiro atoms. The first-order valence-corrected chi connectivity index (χ1v) is 8.70. The van der Waals surface area contributed by atoms with Gasteiger partial charge in [0.05, 0.1) is 12.5 Å². The highest BCUT2D eigenvalue weighted by atomic mass is 19.2. The molecule has 1 unspecified atom stereocenters. The number of amides is 1. The van der Waals surface area contributed by atoms with E-state index in [1.807, 2.05) is 0 Å². The molecule has 7 nitrogen and oxygen atoms in total. The van der Waals surface area contributed by atoms with Crippen molar-refractivity contribution in [2.75, 3.05) is 12.4 Å². The van der Waals surface area contributed by atoms with E-state index in [1.165, 1.54) is 18.2 Å². The fourth-order valence-corrected chi connectivity index (χ4v) is 2.60. The molecule has 32 heavy (non-hydrogen) atoms. The number of anilines is 1. The van der Waals surface area contributed by atoms with Crippen molar-refractivity contribution in [3.63, 3.8) is 0 Å². The number of hydrogen-bond acceptors (Lipinski definition) is 6. The average molecular weight is 457 g/mol. The van der Waals surface area contributed by atoms with Gasteiger partial charge in [-0.15, -0.1) is 0 Å². The summed E-state index contributed by atoms with van der Waals surface area (Å²) in [5.41, 5.74) is -0.608. The molecule has 0 saturated heterocycles. The van der Waals surface area contributed by atoms with Gasteiger partial charge in [-0.1, -0.05) is 0 Å². The van der Waals surface area contributed by atoms with E-state index in [4.69, 9.17) is 4.42 Å². The van der Waals surface area contributed by atoms with Gasteiger partial charge in [0.15, 0.2) is 17.3 Å². The predicted octanol–water partition coefficient (Wildman–Crippen LogP) is 3.68. The zero-order valence-electron chi connectivity index (χ0n) is 16.2. The molecule has 1 heterocycles. The van der Waals surface area contributed by atoms with Gasteiger partial charge in [-0.25, -0.2) is 18.0 Å². The molecule has 1 aromatic heterocycles. The molecule has 0 radical (unpaired) electrons. The summed E-state index contributed by atoms with van der Waals surface area (Å²) < 4.78 is 81.5. The third kappa shape index (κ3) is 4.11. The van der Waals surface area contributed by atoms with Crippen LogP contribution in [-0.2, 0) is 9.53 Å². The number of ether oxygens (including phenoxy) is 2. The quantitative estimate of drug-likeness (QED) is 0.272. The Bertz CT molecular complexity index is 1280. The van der Waals surface area contributed by atoms with E-state index in [-0.39, 0.29) is 22.4 Å². The number of esters is 1. The van der Waals surface area contributed by atoms with Crippen LogP contribution in [0.1, 0.15) is 17.5 Å². The van der Waals surface area contributed by atoms with Crippen molar-refractivity contribution < 1.29 is 45.4 Å². The van der Waals surface area contributed by atoms with Crippen molar-refractivity contribution in [3.05, 3.63) is 69.3 Å². The normalized spacial score (nSPS) is 11.8. The van der Waals surface area contributed by atoms with Gasteiger partial charge >= 0.3 is 5.97 Å². The van der Waals surface area contributed by atoms with Crippen LogP contribution in [-0.4, -0.2) is 25.1 Å². The Balaban J connectivity index is 1.84. The van der Waals surface area contributed by atoms with Crippen LogP contribution >= 0.6 is 0 Å². The molecule has 0 bridgehead atoms. The Morgan fingerprint density at radius 3 is 2.16 bits per heavy atom. The Morgan fingerprint density at radius 1 is 0.969 bits per heavy atom. The van der Waals surface area contributed by atoms with Crippen molar-refractivity contribution in [3.8, 4) is 5.75 Å². The first kappa shape index (κ1) is 22.7. The van der Waals surface area contributed by atoms with Gasteiger partial charge in [0.25, 0.3) is 5.91 Å². The van der Waals surface area contributed by atoms with Gasteiger partial charge in [-0.05, 0) is 25.1 Å². The number of carbonyl (C=O) groups is 2. The number of benzene rings is 2. The van der Waals surface area contributed by atoms with Crippen LogP contribution in [0.3, 0.4) is 0 Å². The molecule has 0 aliphatic carbocycles. The van der Waals surface area contributed by atoms with E-state index in [0.717, 1.165) is 20.1 Å². The Hall–Kier alpha value is -3.96. The number of halogens is 5. The van der Waals surface area contributed by atoms with Crippen molar-refractivity contribution in [1.29, 1.82) is 0 Å². The highest BCUT2D eigenvalue weighted by Gasteiger charge is 2.29. The fraction of sp³-hybridized carbons (Fsp3) is 0.150. The monoisotopic (exact) mass is 457 g/mol. The molecule has 2 aromatic carbocycles. The molecule has 1 atom stereocenters. The molecule has 3 rings (SSSR count). The second-order valence-electron chi connectivity index (χ2n) is 6.33. The summed E-state index contributed by atoms with van der Waals surface area (Å²) in [5.74, 6) is -15.1. The molecule has 168 valence electrons. The third-order valence-corrected chi connectivity index (χ3v) is 4.21. The SMILES string of the molecule is COC(=O)c1cc(=O)c2cc(NC(=O)C(C)Oc3c(F)c(F)c(F)c(F)c3F)ccc2o1. The lowest BCUT2D eigenvalue weighted by Gasteiger charge is -2.16. The molecular formula is C20H12F5NO6. The van der Waals surface area contributed by atoms with E-state index in [2.05, 4.69) is 14.8 Å². The number of fused-ring (bicyclic) bond motifs is 1. The molecule has 12 heteroatoms. The molecule has 0 fully saturated rings. The Labute approximate surface area is 175 Å². The van der Waals surface area contributed by atoms with E-state index in [1.54, 1.807) is 0 Å². The number of hydrogen-bond donors (Lipinski definition) is 1. The van der Waals surface area contributed by atoms with Crippen LogP contribution in [0.4, 0.5) is 27.6 Å². The van der Waals surface area contributed by atoms with Gasteiger partial charge in [0, 0.05) is 11.8 Å². The first-order chi connectivity index (χ1) is 15.0. The standard InChI is InChI=1S/C20H12F5NO6/c1-7(31-18-16(24)14(22)13(21)15(23)17(18)25)19(28)26-8-3-4-11-9(5-8)10(27)6-12(32-11)20(29)30-2/h3-7H,1-2H3,(H,26,28). The summed E-state index contributed by atoms with van der Waals surface area (Å²) in [6.07, 6.45) is -1.70. The minimum absolute atomic E-state index is 0.00148. The highest BCUT2D eigenvalue weighted by Crippen LogP contribution is 2.30. The van der Waals surface area contributed by atoms with Crippen LogP contribution in [0.2, 0.25) is 0 Å². The van der Waals surface area contributed by atoms with Gasteiger partial charge in [-0.3, -0.25) is 9.59 Å². The molecule has 1 amide bonds. The van der Waals surface area contributed by atoms with Crippen LogP contribution < -0.4 is 15.5 Å². The Morgan fingerprint density at radius 2 is 1.56 bits per heavy atom. The van der Waals surface area contributed by atoms with E-state index in [9.17, 15) is 36.3 Å². The van der Waals surface area contributed by atoms with Gasteiger partial charge in [-0.2, -0.15) is 8.78 Å². The molecule has 3 aromatic rings. The van der Waals surface area contributed by atoms with Crippen LogP contribution in [0, 0.1) is 29.1 Å². The second-order valence-corrected chi connectivity index (χ2v) is 6.33. The van der Waals surface area contributed by atoms with Crippen molar-refractivity contribution >= 4 is 28.5 Å². The van der Waals surface area contributed by atoms with Gasteiger partial charge < -0.3 is 19.2 Å². The maximum absolute atomic E-state index is 13.7. The third-order valence-electron chi connectivity index (χ3n) is 4.21. The van der Waals surface area contributed by atoms with Crippen molar-refractivity contribution in [1.82, 2.24) is 0 Å². The highest BCUT2D eigenvalue weighted by molar-refractivity contribution is 5.96. The van der Waals surface area contributed by atoms with Crippen molar-refractivity contribution in [2.45, 2.75) is 13.0 Å². The fourth-order valence-electron chi connectivity index (χ4n) is 2.60. The maximum Gasteiger partial charge on any atom is 0.374 e. The number of nitrogens with one attached hydrogen (secondary N) is 1. The van der Waals surface area contributed by atoms with Gasteiger partial charge in [0.2, 0.25) is 34.8 Å². The largest absolute Gasteiger partial charge is 0.474 e. The summed E-state index contributed by atoms with van der Waals surface area (Å²) in [5, 5.41) is 2.24. The lowest BCUT2D eigenvalue weighted by atomic mass is 10.2. The van der Waals surface area contributed by atoms with Crippen LogP contribution in [0.25, 0.3) is 11.0 Å². The lowest BCUT2D eigenvalue weighted by molar-refractivity contribution is -0.122. The first-order valence-electron chi connectivity index (χ1n) is 8.70. The van der Waals surface area contributed by atoms with Gasteiger partial charge in [0.1, 0.15) is 5.58 Å². The molecule has 0 saturated carbocycles. The number of methoxy groups -OCH3 is 1. The molecule has 0 aliphatic heterocycles. The summed E-state index contributed by atoms with van der Waals surface area (Å²) in [7, 11) is 1.10. The lowest BCUT2D eigenvalue weighted by Crippen LogP contribution is -2.31. The maximum atomic E-state index is 13.7. The number of carbonyl (C=O) groups excluding carboxylic acids is 2. The molecule has 1 N–H and O–H groups in total. The minimum Gasteiger partial charge on any atom is -0.474 e. The summed E-state index contributed by atoms with van der Waals surface area (Å²) in [6.45, 7) is 1.01. The van der Waals surface area contributed by atoms with E-state index >= 15 is 0 Å². The smallest absolute Gasteiger partial charge is 0.374 e. The predicted molar refractivity (Wildman–Crippen MR) is 98.8 cm³/mol. The van der Waals surface area contributed by atoms with E-state index in [0.29, 0.717) is 0 Å². The van der Waals surface area contributed by atoms with Crippen LogP contribution in [0.5, 0.6) is 5.75 Å². The summed E-state index contributed by atoms with van der Waals surface area (Å²) in [4.78, 5) is 36.0. The van der Waals surface area contributed by atoms with E-state index < -0.39 is 58.2 Å². The summed E-state index contributed by atoms with van der Waals surface area (Å²) >= 11 is 0. The Kier molecular flexibility index (Phi) is 6.14. The van der Waals surface area contributed by atoms with Crippen LogP contribution in [0.15, 0.2) is 33.5 Å². The summed E-state index contributed by atoms with van der Waals surface area (Å²) in [6, 6.07) is 4.60. The average Bonchev–Trinajstić information content (AvgIpc) is 2.78. The number of rotatable bonds is 5. The zero-order chi connectivity index (χ0) is 23.7. The minimum atomic E-state index is -2.37. The topological polar surface area (TPSA) is 94.8 Å². The molecular weight excluding hydrogens is 445 g/mol. The second kappa shape index (κ2) is 8.65. The molecule has 0 aliphatic rings. The van der Waals surface area contributed by atoms with Crippen molar-refractivity contribution in [2.24, 2.45) is 0 Å².